The molecule has 0 amide bonds. The first kappa shape index (κ1) is 9.22. The molecule has 1 aliphatic rings. The quantitative estimate of drug-likeness (QED) is 0.664. The lowest BCUT2D eigenvalue weighted by Gasteiger charge is -2.22. The van der Waals surface area contributed by atoms with E-state index in [1.165, 1.54) is 24.2 Å². The molecule has 3 rings (SSSR count). The SMILES string of the molecule is C[C@@H]1CCCc2nc3cc(Cl)ccc3n21. The first-order valence-corrected chi connectivity index (χ1v) is 5.80. The highest BCUT2D eigenvalue weighted by Gasteiger charge is 2.19. The molecule has 0 unspecified atom stereocenters. The predicted molar refractivity (Wildman–Crippen MR) is 62.4 cm³/mol. The number of hydrogen-bond donors (Lipinski definition) is 0. The average Bonchev–Trinajstić information content (AvgIpc) is 2.56. The van der Waals surface area contributed by atoms with E-state index in [-0.39, 0.29) is 0 Å². The third kappa shape index (κ3) is 1.36. The molecule has 1 atom stereocenters. The third-order valence-electron chi connectivity index (χ3n) is 3.19. The molecule has 0 aliphatic carbocycles. The monoisotopic (exact) mass is 220 g/mol. The fourth-order valence-electron chi connectivity index (χ4n) is 2.47. The standard InChI is InChI=1S/C12H13ClN2/c1-8-3-2-4-12-14-10-7-9(13)5-6-11(10)15(8)12/h5-8H,2-4H2,1H3/t8-/m1/s1. The van der Waals surface area contributed by atoms with Crippen molar-refractivity contribution in [1.82, 2.24) is 9.55 Å². The summed E-state index contributed by atoms with van der Waals surface area (Å²) in [6, 6.07) is 6.55. The van der Waals surface area contributed by atoms with Crippen molar-refractivity contribution in [3.05, 3.63) is 29.0 Å². The van der Waals surface area contributed by atoms with Crippen LogP contribution in [0.3, 0.4) is 0 Å². The van der Waals surface area contributed by atoms with Crippen LogP contribution in [0, 0.1) is 0 Å². The molecule has 0 N–H and O–H groups in total. The van der Waals surface area contributed by atoms with Crippen molar-refractivity contribution in [3.63, 3.8) is 0 Å². The van der Waals surface area contributed by atoms with Crippen LogP contribution < -0.4 is 0 Å². The Labute approximate surface area is 93.9 Å². The molecule has 78 valence electrons. The van der Waals surface area contributed by atoms with Crippen molar-refractivity contribution in [2.45, 2.75) is 32.2 Å². The van der Waals surface area contributed by atoms with E-state index in [1.54, 1.807) is 0 Å². The van der Waals surface area contributed by atoms with Crippen molar-refractivity contribution in [2.24, 2.45) is 0 Å². The molecular weight excluding hydrogens is 208 g/mol. The molecule has 15 heavy (non-hydrogen) atoms. The van der Waals surface area contributed by atoms with Crippen molar-refractivity contribution in [2.75, 3.05) is 0 Å². The van der Waals surface area contributed by atoms with Gasteiger partial charge in [0.2, 0.25) is 0 Å². The first-order chi connectivity index (χ1) is 7.25. The number of benzene rings is 1. The maximum absolute atomic E-state index is 5.97. The Morgan fingerprint density at radius 1 is 1.47 bits per heavy atom. The molecule has 0 bridgehead atoms. The van der Waals surface area contributed by atoms with Gasteiger partial charge in [0.05, 0.1) is 11.0 Å². The Balaban J connectivity index is 2.32. The third-order valence-corrected chi connectivity index (χ3v) is 3.42. The lowest BCUT2D eigenvalue weighted by atomic mass is 10.1. The average molecular weight is 221 g/mol. The number of aryl methyl sites for hydroxylation is 1. The zero-order chi connectivity index (χ0) is 10.4. The summed E-state index contributed by atoms with van der Waals surface area (Å²) >= 11 is 5.97. The van der Waals surface area contributed by atoms with Crippen LogP contribution in [-0.2, 0) is 6.42 Å². The van der Waals surface area contributed by atoms with E-state index < -0.39 is 0 Å². The molecule has 2 nitrogen and oxygen atoms in total. The van der Waals surface area contributed by atoms with E-state index >= 15 is 0 Å². The smallest absolute Gasteiger partial charge is 0.110 e. The van der Waals surface area contributed by atoms with E-state index in [0.717, 1.165) is 17.0 Å². The molecule has 0 radical (unpaired) electrons. The number of rotatable bonds is 0. The molecule has 1 aliphatic heterocycles. The second kappa shape index (κ2) is 3.24. The van der Waals surface area contributed by atoms with E-state index in [2.05, 4.69) is 22.5 Å². The summed E-state index contributed by atoms with van der Waals surface area (Å²) in [6.45, 7) is 2.26. The van der Waals surface area contributed by atoms with Gasteiger partial charge in [0.15, 0.2) is 0 Å². The summed E-state index contributed by atoms with van der Waals surface area (Å²) < 4.78 is 2.36. The molecule has 1 aromatic carbocycles. The van der Waals surface area contributed by atoms with Gasteiger partial charge in [-0.3, -0.25) is 0 Å². The summed E-state index contributed by atoms with van der Waals surface area (Å²) in [5, 5.41) is 0.769. The Morgan fingerprint density at radius 2 is 2.33 bits per heavy atom. The Hall–Kier alpha value is -1.02. The van der Waals surface area contributed by atoms with Gasteiger partial charge >= 0.3 is 0 Å². The highest BCUT2D eigenvalue weighted by Crippen LogP contribution is 2.30. The molecule has 2 aromatic rings. The van der Waals surface area contributed by atoms with E-state index in [1.807, 2.05) is 12.1 Å². The summed E-state index contributed by atoms with van der Waals surface area (Å²) in [5.74, 6) is 1.21. The van der Waals surface area contributed by atoms with Gasteiger partial charge in [0.25, 0.3) is 0 Å². The van der Waals surface area contributed by atoms with E-state index in [4.69, 9.17) is 11.6 Å². The van der Waals surface area contributed by atoms with Crippen molar-refractivity contribution >= 4 is 22.6 Å². The maximum Gasteiger partial charge on any atom is 0.110 e. The van der Waals surface area contributed by atoms with Crippen LogP contribution in [0.1, 0.15) is 31.6 Å². The molecule has 0 spiro atoms. The van der Waals surface area contributed by atoms with E-state index in [9.17, 15) is 0 Å². The number of halogens is 1. The number of fused-ring (bicyclic) bond motifs is 3. The largest absolute Gasteiger partial charge is 0.325 e. The molecule has 1 aromatic heterocycles. The summed E-state index contributed by atoms with van der Waals surface area (Å²) in [6.07, 6.45) is 3.59. The zero-order valence-corrected chi connectivity index (χ0v) is 9.46. The zero-order valence-electron chi connectivity index (χ0n) is 8.70. The van der Waals surface area contributed by atoms with Crippen molar-refractivity contribution in [1.29, 1.82) is 0 Å². The maximum atomic E-state index is 5.97. The van der Waals surface area contributed by atoms with Gasteiger partial charge in [0.1, 0.15) is 5.82 Å². The molecule has 3 heteroatoms. The van der Waals surface area contributed by atoms with Gasteiger partial charge in [-0.2, -0.15) is 0 Å². The second-order valence-corrected chi connectivity index (χ2v) is 4.71. The minimum absolute atomic E-state index is 0.569. The van der Waals surface area contributed by atoms with Gasteiger partial charge in [-0.1, -0.05) is 11.6 Å². The van der Waals surface area contributed by atoms with Gasteiger partial charge in [-0.25, -0.2) is 4.98 Å². The van der Waals surface area contributed by atoms with Crippen LogP contribution in [0.15, 0.2) is 18.2 Å². The number of hydrogen-bond acceptors (Lipinski definition) is 1. The van der Waals surface area contributed by atoms with Crippen LogP contribution in [0.5, 0.6) is 0 Å². The van der Waals surface area contributed by atoms with Crippen LogP contribution in [0.25, 0.3) is 11.0 Å². The Kier molecular flexibility index (Phi) is 1.99. The summed E-state index contributed by atoms with van der Waals surface area (Å²) in [5.41, 5.74) is 2.26. The predicted octanol–water partition coefficient (Wildman–Crippen LogP) is 3.59. The first-order valence-electron chi connectivity index (χ1n) is 5.42. The van der Waals surface area contributed by atoms with Crippen LogP contribution in [0.2, 0.25) is 5.02 Å². The van der Waals surface area contributed by atoms with Gasteiger partial charge in [-0.05, 0) is 38.0 Å². The molecule has 0 fully saturated rings. The van der Waals surface area contributed by atoms with Gasteiger partial charge in [-0.15, -0.1) is 0 Å². The van der Waals surface area contributed by atoms with Gasteiger partial charge in [0, 0.05) is 17.5 Å². The van der Waals surface area contributed by atoms with Crippen LogP contribution >= 0.6 is 11.6 Å². The molecule has 2 heterocycles. The van der Waals surface area contributed by atoms with Crippen molar-refractivity contribution in [3.8, 4) is 0 Å². The highest BCUT2D eigenvalue weighted by molar-refractivity contribution is 6.31. The molecule has 0 saturated heterocycles. The fourth-order valence-corrected chi connectivity index (χ4v) is 2.64. The van der Waals surface area contributed by atoms with E-state index in [0.29, 0.717) is 6.04 Å². The Bertz CT molecular complexity index is 516. The van der Waals surface area contributed by atoms with Gasteiger partial charge < -0.3 is 4.57 Å². The van der Waals surface area contributed by atoms with Crippen LogP contribution in [0.4, 0.5) is 0 Å². The number of aromatic nitrogens is 2. The fraction of sp³-hybridized carbons (Fsp3) is 0.417. The topological polar surface area (TPSA) is 17.8 Å². The minimum Gasteiger partial charge on any atom is -0.325 e. The van der Waals surface area contributed by atoms with Crippen LogP contribution in [-0.4, -0.2) is 9.55 Å². The number of nitrogens with zero attached hydrogens (tertiary/aromatic N) is 2. The molecular formula is C12H13ClN2. The van der Waals surface area contributed by atoms with Crippen molar-refractivity contribution < 1.29 is 0 Å². The lowest BCUT2D eigenvalue weighted by Crippen LogP contribution is -2.14. The summed E-state index contributed by atoms with van der Waals surface area (Å²) in [7, 11) is 0. The number of imidazole rings is 1. The second-order valence-electron chi connectivity index (χ2n) is 4.27. The Morgan fingerprint density at radius 3 is 3.20 bits per heavy atom. The normalized spacial score (nSPS) is 20.5. The highest BCUT2D eigenvalue weighted by atomic mass is 35.5. The molecule has 0 saturated carbocycles. The minimum atomic E-state index is 0.569. The summed E-state index contributed by atoms with van der Waals surface area (Å²) in [4.78, 5) is 4.64. The lowest BCUT2D eigenvalue weighted by molar-refractivity contribution is 0.435.